The van der Waals surface area contributed by atoms with Crippen LogP contribution in [0.4, 0.5) is 17.6 Å². The molecule has 3 unspecified atom stereocenters. The fraction of sp³-hybridized carbons (Fsp3) is 0.565. The van der Waals surface area contributed by atoms with Crippen molar-refractivity contribution in [3.05, 3.63) is 41.2 Å². The van der Waals surface area contributed by atoms with Crippen molar-refractivity contribution in [2.24, 2.45) is 11.8 Å². The van der Waals surface area contributed by atoms with Gasteiger partial charge in [-0.05, 0) is 62.1 Å². The van der Waals surface area contributed by atoms with Crippen LogP contribution < -0.4 is 20.7 Å². The number of rotatable bonds is 7. The van der Waals surface area contributed by atoms with E-state index in [1.807, 2.05) is 0 Å². The summed E-state index contributed by atoms with van der Waals surface area (Å²) in [6.45, 7) is -0.0856. The van der Waals surface area contributed by atoms with Gasteiger partial charge in [0.2, 0.25) is 5.91 Å². The molecule has 3 aliphatic carbocycles. The number of nitrogens with one attached hydrogen (secondary N) is 3. The van der Waals surface area contributed by atoms with Gasteiger partial charge in [-0.25, -0.2) is 4.39 Å². The van der Waals surface area contributed by atoms with Crippen LogP contribution in [0.25, 0.3) is 0 Å². The lowest BCUT2D eigenvalue weighted by molar-refractivity contribution is -0.161. The van der Waals surface area contributed by atoms with Gasteiger partial charge in [0.1, 0.15) is 17.6 Å². The van der Waals surface area contributed by atoms with Crippen molar-refractivity contribution in [1.82, 2.24) is 16.0 Å². The third-order valence-electron chi connectivity index (χ3n) is 6.85. The molecule has 4 fully saturated rings. The second-order valence-electron chi connectivity index (χ2n) is 9.38. The molecule has 1 heterocycles. The molecule has 34 heavy (non-hydrogen) atoms. The molecule has 2 amide bonds. The van der Waals surface area contributed by atoms with Crippen LogP contribution in [0.2, 0.25) is 5.02 Å². The van der Waals surface area contributed by atoms with Gasteiger partial charge in [-0.3, -0.25) is 9.59 Å². The van der Waals surface area contributed by atoms with Crippen molar-refractivity contribution in [2.45, 2.75) is 55.9 Å². The zero-order valence-electron chi connectivity index (χ0n) is 18.3. The number of piperidine rings is 1. The predicted octanol–water partition coefficient (Wildman–Crippen LogP) is 3.50. The average Bonchev–Trinajstić information content (AvgIpc) is 3.26. The third-order valence-corrected chi connectivity index (χ3v) is 7.15. The van der Waals surface area contributed by atoms with E-state index in [0.29, 0.717) is 12.8 Å². The molecule has 1 aromatic rings. The lowest BCUT2D eigenvalue weighted by atomic mass is 9.76. The van der Waals surface area contributed by atoms with Crippen LogP contribution in [-0.4, -0.2) is 48.8 Å². The standard InChI is InChI=1S/C23H26ClF4N3O3/c24-16-4-3-15(7-17(16)25)34-12-21(33)31-22-8-14(9-22)18(10-22)30-20(32)6-2-13-1-5-19(29-11-13)23(26,27)28/h2-4,6-7,13-14,18-19,29H,1,5,8-12H2,(H,30,32)(H,31,33)/b6-2+. The first kappa shape index (κ1) is 24.8. The van der Waals surface area contributed by atoms with E-state index in [2.05, 4.69) is 16.0 Å². The number of amides is 2. The maximum absolute atomic E-state index is 13.5. The van der Waals surface area contributed by atoms with E-state index in [9.17, 15) is 27.2 Å². The second kappa shape index (κ2) is 9.73. The van der Waals surface area contributed by atoms with Gasteiger partial charge in [-0.1, -0.05) is 17.7 Å². The summed E-state index contributed by atoms with van der Waals surface area (Å²) in [5.41, 5.74) is -0.391. The molecule has 0 spiro atoms. The van der Waals surface area contributed by atoms with Gasteiger partial charge < -0.3 is 20.7 Å². The molecule has 5 rings (SSSR count). The Morgan fingerprint density at radius 1 is 1.24 bits per heavy atom. The van der Waals surface area contributed by atoms with E-state index < -0.39 is 23.6 Å². The Morgan fingerprint density at radius 2 is 2.00 bits per heavy atom. The summed E-state index contributed by atoms with van der Waals surface area (Å²) in [7, 11) is 0. The molecular weight excluding hydrogens is 478 g/mol. The first-order chi connectivity index (χ1) is 16.0. The highest BCUT2D eigenvalue weighted by molar-refractivity contribution is 6.30. The van der Waals surface area contributed by atoms with Gasteiger partial charge in [-0.15, -0.1) is 0 Å². The number of benzene rings is 1. The molecule has 0 aromatic heterocycles. The quantitative estimate of drug-likeness (QED) is 0.393. The van der Waals surface area contributed by atoms with E-state index in [1.165, 1.54) is 18.2 Å². The number of alkyl halides is 3. The fourth-order valence-corrected chi connectivity index (χ4v) is 5.25. The van der Waals surface area contributed by atoms with E-state index in [0.717, 1.165) is 18.9 Å². The molecule has 186 valence electrons. The number of carbonyl (C=O) groups is 2. The number of hydrogen-bond acceptors (Lipinski definition) is 4. The monoisotopic (exact) mass is 503 g/mol. The number of carbonyl (C=O) groups excluding carboxylic acids is 2. The molecule has 11 heteroatoms. The van der Waals surface area contributed by atoms with E-state index in [1.54, 1.807) is 6.08 Å². The molecule has 2 bridgehead atoms. The van der Waals surface area contributed by atoms with Gasteiger partial charge in [0.05, 0.1) is 5.02 Å². The molecule has 3 N–H and O–H groups in total. The Morgan fingerprint density at radius 3 is 2.65 bits per heavy atom. The van der Waals surface area contributed by atoms with Crippen LogP contribution in [0.15, 0.2) is 30.4 Å². The highest BCUT2D eigenvalue weighted by atomic mass is 35.5. The summed E-state index contributed by atoms with van der Waals surface area (Å²) >= 11 is 5.63. The minimum absolute atomic E-state index is 0.0102. The normalized spacial score (nSPS) is 30.6. The van der Waals surface area contributed by atoms with Crippen molar-refractivity contribution < 1.29 is 31.9 Å². The molecule has 3 atom stereocenters. The van der Waals surface area contributed by atoms with Crippen LogP contribution in [0.5, 0.6) is 5.75 Å². The Kier molecular flexibility index (Phi) is 7.09. The zero-order chi connectivity index (χ0) is 24.5. The van der Waals surface area contributed by atoms with Crippen LogP contribution in [0, 0.1) is 17.7 Å². The van der Waals surface area contributed by atoms with Crippen LogP contribution in [0.1, 0.15) is 32.1 Å². The first-order valence-electron chi connectivity index (χ1n) is 11.2. The highest BCUT2D eigenvalue weighted by Gasteiger charge is 2.57. The summed E-state index contributed by atoms with van der Waals surface area (Å²) in [4.78, 5) is 24.6. The smallest absolute Gasteiger partial charge is 0.403 e. The lowest BCUT2D eigenvalue weighted by Gasteiger charge is -2.39. The Labute approximate surface area is 199 Å². The van der Waals surface area contributed by atoms with E-state index >= 15 is 0 Å². The molecule has 4 aliphatic rings. The molecule has 3 saturated carbocycles. The van der Waals surface area contributed by atoms with Gasteiger partial charge in [0, 0.05) is 24.2 Å². The van der Waals surface area contributed by atoms with Gasteiger partial charge in [0.25, 0.3) is 5.91 Å². The summed E-state index contributed by atoms with van der Waals surface area (Å²) < 4.78 is 56.9. The zero-order valence-corrected chi connectivity index (χ0v) is 19.0. The van der Waals surface area contributed by atoms with Crippen molar-refractivity contribution in [1.29, 1.82) is 0 Å². The third kappa shape index (κ3) is 5.83. The van der Waals surface area contributed by atoms with Gasteiger partial charge in [-0.2, -0.15) is 13.2 Å². The molecular formula is C23H26ClF4N3O3. The molecule has 1 saturated heterocycles. The topological polar surface area (TPSA) is 79.5 Å². The van der Waals surface area contributed by atoms with Gasteiger partial charge >= 0.3 is 6.18 Å². The van der Waals surface area contributed by atoms with E-state index in [-0.39, 0.29) is 60.0 Å². The molecule has 0 radical (unpaired) electrons. The fourth-order valence-electron chi connectivity index (χ4n) is 5.13. The Bertz CT molecular complexity index is 957. The predicted molar refractivity (Wildman–Crippen MR) is 117 cm³/mol. The van der Waals surface area contributed by atoms with Crippen LogP contribution >= 0.6 is 11.6 Å². The first-order valence-corrected chi connectivity index (χ1v) is 11.6. The second-order valence-corrected chi connectivity index (χ2v) is 9.79. The van der Waals surface area contributed by atoms with Gasteiger partial charge in [0.15, 0.2) is 6.61 Å². The lowest BCUT2D eigenvalue weighted by Crippen LogP contribution is -2.53. The van der Waals surface area contributed by atoms with Crippen molar-refractivity contribution >= 4 is 23.4 Å². The van der Waals surface area contributed by atoms with Crippen LogP contribution in [0.3, 0.4) is 0 Å². The van der Waals surface area contributed by atoms with Crippen LogP contribution in [-0.2, 0) is 9.59 Å². The summed E-state index contributed by atoms with van der Waals surface area (Å²) in [5.74, 6) is -0.915. The maximum Gasteiger partial charge on any atom is 0.403 e. The number of halogens is 5. The summed E-state index contributed by atoms with van der Waals surface area (Å²) in [5, 5.41) is 8.37. The number of fused-ring (bicyclic) bond motifs is 1. The number of ether oxygens (including phenoxy) is 1. The maximum atomic E-state index is 13.5. The largest absolute Gasteiger partial charge is 0.484 e. The van der Waals surface area contributed by atoms with Crippen molar-refractivity contribution in [2.75, 3.05) is 13.2 Å². The Hall–Kier alpha value is -2.33. The molecule has 1 aromatic carbocycles. The minimum atomic E-state index is -4.25. The van der Waals surface area contributed by atoms with E-state index in [4.69, 9.17) is 16.3 Å². The van der Waals surface area contributed by atoms with Crippen molar-refractivity contribution in [3.63, 3.8) is 0 Å². The average molecular weight is 504 g/mol. The Balaban J connectivity index is 1.18. The van der Waals surface area contributed by atoms with Crippen molar-refractivity contribution in [3.8, 4) is 5.75 Å². The number of hydrogen-bond donors (Lipinski definition) is 3. The highest BCUT2D eigenvalue weighted by Crippen LogP contribution is 2.52. The SMILES string of the molecule is O=C(/C=C/C1CCC(C(F)(F)F)NC1)NC1CC2(NC(=O)COc3ccc(Cl)c(F)c3)CC1C2. The molecule has 1 aliphatic heterocycles. The summed E-state index contributed by atoms with van der Waals surface area (Å²) in [6, 6.07) is 2.37. The minimum Gasteiger partial charge on any atom is -0.484 e. The molecule has 6 nitrogen and oxygen atoms in total. The summed E-state index contributed by atoms with van der Waals surface area (Å²) in [6.07, 6.45) is 1.24.